The van der Waals surface area contributed by atoms with Crippen LogP contribution in [0.1, 0.15) is 36.5 Å². The molecule has 3 aromatic carbocycles. The summed E-state index contributed by atoms with van der Waals surface area (Å²) in [5, 5.41) is 0. The van der Waals surface area contributed by atoms with Crippen molar-refractivity contribution in [3.8, 4) is 5.75 Å². The average molecular weight is 381 g/mol. The number of rotatable bonds is 6. The van der Waals surface area contributed by atoms with Gasteiger partial charge < -0.3 is 4.18 Å². The van der Waals surface area contributed by atoms with Crippen molar-refractivity contribution in [1.29, 1.82) is 0 Å². The van der Waals surface area contributed by atoms with Gasteiger partial charge in [-0.25, -0.2) is 0 Å². The first kappa shape index (κ1) is 19.2. The lowest BCUT2D eigenvalue weighted by atomic mass is 9.83. The standard InChI is InChI=1S/C23H24O3S/c1-17(2)23(19-7-5-4-6-8-19)20-11-13-21(14-12-20)26-27(24,25)22-15-9-18(3)10-16-22/h4-17,23H,1-3H3. The van der Waals surface area contributed by atoms with E-state index in [1.165, 1.54) is 5.56 Å². The van der Waals surface area contributed by atoms with Gasteiger partial charge in [-0.2, -0.15) is 8.42 Å². The smallest absolute Gasteiger partial charge is 0.339 e. The molecule has 0 saturated heterocycles. The van der Waals surface area contributed by atoms with Gasteiger partial charge in [0.25, 0.3) is 0 Å². The summed E-state index contributed by atoms with van der Waals surface area (Å²) in [7, 11) is -3.83. The second-order valence-corrected chi connectivity index (χ2v) is 8.60. The van der Waals surface area contributed by atoms with E-state index in [2.05, 4.69) is 26.0 Å². The van der Waals surface area contributed by atoms with Gasteiger partial charge in [0.15, 0.2) is 0 Å². The minimum atomic E-state index is -3.83. The summed E-state index contributed by atoms with van der Waals surface area (Å²) in [6, 6.07) is 24.3. The van der Waals surface area contributed by atoms with Crippen molar-refractivity contribution in [2.45, 2.75) is 31.6 Å². The Bertz CT molecular complexity index is 974. The highest BCUT2D eigenvalue weighted by Gasteiger charge is 2.19. The second-order valence-electron chi connectivity index (χ2n) is 7.05. The molecule has 1 atom stereocenters. The Morgan fingerprint density at radius 3 is 1.85 bits per heavy atom. The van der Waals surface area contributed by atoms with Gasteiger partial charge in [-0.05, 0) is 48.2 Å². The fourth-order valence-corrected chi connectivity index (χ4v) is 4.16. The number of hydrogen-bond donors (Lipinski definition) is 0. The summed E-state index contributed by atoms with van der Waals surface area (Å²) >= 11 is 0. The molecule has 0 saturated carbocycles. The first-order valence-electron chi connectivity index (χ1n) is 9.03. The first-order chi connectivity index (χ1) is 12.9. The molecule has 0 aliphatic heterocycles. The molecule has 0 amide bonds. The minimum absolute atomic E-state index is 0.154. The Labute approximate surface area is 161 Å². The van der Waals surface area contributed by atoms with Crippen LogP contribution in [0.4, 0.5) is 0 Å². The van der Waals surface area contributed by atoms with E-state index in [9.17, 15) is 8.42 Å². The van der Waals surface area contributed by atoms with E-state index >= 15 is 0 Å². The third-order valence-corrected chi connectivity index (χ3v) is 5.84. The van der Waals surface area contributed by atoms with Crippen LogP contribution in [-0.2, 0) is 10.1 Å². The predicted molar refractivity (Wildman–Crippen MR) is 109 cm³/mol. The first-order valence-corrected chi connectivity index (χ1v) is 10.4. The second kappa shape index (κ2) is 7.97. The molecule has 0 aliphatic rings. The van der Waals surface area contributed by atoms with E-state index in [1.54, 1.807) is 36.4 Å². The zero-order valence-electron chi connectivity index (χ0n) is 15.8. The van der Waals surface area contributed by atoms with Gasteiger partial charge in [-0.15, -0.1) is 0 Å². The molecule has 0 aliphatic carbocycles. The monoisotopic (exact) mass is 380 g/mol. The molecule has 3 aromatic rings. The maximum atomic E-state index is 12.4. The lowest BCUT2D eigenvalue weighted by Gasteiger charge is -2.22. The zero-order chi connectivity index (χ0) is 19.4. The normalized spacial score (nSPS) is 12.7. The summed E-state index contributed by atoms with van der Waals surface area (Å²) in [5.74, 6) is 0.972. The van der Waals surface area contributed by atoms with Crippen LogP contribution in [0, 0.1) is 12.8 Å². The molecule has 0 bridgehead atoms. The average Bonchev–Trinajstić information content (AvgIpc) is 2.64. The molecule has 0 spiro atoms. The van der Waals surface area contributed by atoms with Crippen LogP contribution < -0.4 is 4.18 Å². The number of hydrogen-bond acceptors (Lipinski definition) is 3. The van der Waals surface area contributed by atoms with Gasteiger partial charge in [0.2, 0.25) is 0 Å². The van der Waals surface area contributed by atoms with Crippen LogP contribution in [0.5, 0.6) is 5.75 Å². The Hall–Kier alpha value is -2.59. The van der Waals surface area contributed by atoms with Crippen molar-refractivity contribution in [3.63, 3.8) is 0 Å². The molecule has 27 heavy (non-hydrogen) atoms. The Balaban J connectivity index is 1.83. The van der Waals surface area contributed by atoms with Gasteiger partial charge in [-0.3, -0.25) is 0 Å². The zero-order valence-corrected chi connectivity index (χ0v) is 16.6. The largest absolute Gasteiger partial charge is 0.379 e. The topological polar surface area (TPSA) is 43.4 Å². The molecular formula is C23H24O3S. The van der Waals surface area contributed by atoms with Crippen LogP contribution in [0.15, 0.2) is 83.8 Å². The summed E-state index contributed by atoms with van der Waals surface area (Å²) in [5.41, 5.74) is 3.38. The SMILES string of the molecule is Cc1ccc(S(=O)(=O)Oc2ccc(C(c3ccccc3)C(C)C)cc2)cc1. The van der Waals surface area contributed by atoms with Gasteiger partial charge in [0, 0.05) is 5.92 Å². The molecule has 3 nitrogen and oxygen atoms in total. The van der Waals surface area contributed by atoms with E-state index in [1.807, 2.05) is 37.3 Å². The van der Waals surface area contributed by atoms with E-state index in [0.29, 0.717) is 11.7 Å². The molecule has 1 unspecified atom stereocenters. The summed E-state index contributed by atoms with van der Waals surface area (Å²) < 4.78 is 30.2. The van der Waals surface area contributed by atoms with Crippen LogP contribution in [-0.4, -0.2) is 8.42 Å². The van der Waals surface area contributed by atoms with Crippen LogP contribution >= 0.6 is 0 Å². The summed E-state index contributed by atoms with van der Waals surface area (Å²) in [6.45, 7) is 6.28. The van der Waals surface area contributed by atoms with Crippen LogP contribution in [0.3, 0.4) is 0 Å². The highest BCUT2D eigenvalue weighted by molar-refractivity contribution is 7.87. The molecule has 3 rings (SSSR count). The predicted octanol–water partition coefficient (Wildman–Crippen LogP) is 5.55. The summed E-state index contributed by atoms with van der Waals surface area (Å²) in [4.78, 5) is 0.154. The molecule has 0 aromatic heterocycles. The van der Waals surface area contributed by atoms with Crippen molar-refractivity contribution in [2.24, 2.45) is 5.92 Å². The van der Waals surface area contributed by atoms with Crippen molar-refractivity contribution in [3.05, 3.63) is 95.6 Å². The van der Waals surface area contributed by atoms with Gasteiger partial charge in [0.05, 0.1) is 0 Å². The van der Waals surface area contributed by atoms with Crippen molar-refractivity contribution < 1.29 is 12.6 Å². The fraction of sp³-hybridized carbons (Fsp3) is 0.217. The molecule has 0 heterocycles. The molecular weight excluding hydrogens is 356 g/mol. The molecule has 0 fully saturated rings. The molecule has 0 radical (unpaired) electrons. The van der Waals surface area contributed by atoms with Crippen LogP contribution in [0.2, 0.25) is 0 Å². The quantitative estimate of drug-likeness (QED) is 0.527. The number of aryl methyl sites for hydroxylation is 1. The van der Waals surface area contributed by atoms with Gasteiger partial charge in [-0.1, -0.05) is 74.0 Å². The Morgan fingerprint density at radius 2 is 1.30 bits per heavy atom. The molecule has 140 valence electrons. The number of benzene rings is 3. The molecule has 4 heteroatoms. The van der Waals surface area contributed by atoms with Crippen molar-refractivity contribution >= 4 is 10.1 Å². The van der Waals surface area contributed by atoms with E-state index < -0.39 is 10.1 Å². The Kier molecular flexibility index (Phi) is 5.66. The van der Waals surface area contributed by atoms with E-state index in [4.69, 9.17) is 4.18 Å². The third kappa shape index (κ3) is 4.58. The molecule has 0 N–H and O–H groups in total. The Morgan fingerprint density at radius 1 is 0.741 bits per heavy atom. The van der Waals surface area contributed by atoms with Crippen LogP contribution in [0.25, 0.3) is 0 Å². The van der Waals surface area contributed by atoms with E-state index in [0.717, 1.165) is 11.1 Å². The lowest BCUT2D eigenvalue weighted by molar-refractivity contribution is 0.485. The third-order valence-electron chi connectivity index (χ3n) is 4.58. The maximum absolute atomic E-state index is 12.4. The maximum Gasteiger partial charge on any atom is 0.339 e. The minimum Gasteiger partial charge on any atom is -0.379 e. The van der Waals surface area contributed by atoms with E-state index in [-0.39, 0.29) is 10.8 Å². The summed E-state index contributed by atoms with van der Waals surface area (Å²) in [6.07, 6.45) is 0. The lowest BCUT2D eigenvalue weighted by Crippen LogP contribution is -2.11. The highest BCUT2D eigenvalue weighted by Crippen LogP contribution is 2.33. The van der Waals surface area contributed by atoms with Gasteiger partial charge in [0.1, 0.15) is 10.6 Å². The fourth-order valence-electron chi connectivity index (χ4n) is 3.23. The van der Waals surface area contributed by atoms with Crippen molar-refractivity contribution in [1.82, 2.24) is 0 Å². The van der Waals surface area contributed by atoms with Gasteiger partial charge >= 0.3 is 10.1 Å². The van der Waals surface area contributed by atoms with Crippen molar-refractivity contribution in [2.75, 3.05) is 0 Å². The highest BCUT2D eigenvalue weighted by atomic mass is 32.2.